The Labute approximate surface area is 94.5 Å². The molecule has 0 atom stereocenters. The van der Waals surface area contributed by atoms with Crippen molar-refractivity contribution >= 4 is 8.80 Å². The van der Waals surface area contributed by atoms with E-state index in [1.54, 1.807) is 0 Å². The summed E-state index contributed by atoms with van der Waals surface area (Å²) in [6.07, 6.45) is 6.63. The van der Waals surface area contributed by atoms with E-state index in [0.717, 1.165) is 0 Å². The third kappa shape index (κ3) is 4.63. The molecule has 0 radical (unpaired) electrons. The highest BCUT2D eigenvalue weighted by Gasteiger charge is 2.37. The third-order valence-electron chi connectivity index (χ3n) is 2.75. The standard InChI is InChI=1S/C11H24O3Si/c1-4-12-15(3,13-5-2)14-11-9-7-6-8-10-11/h11H,4-10H2,1-3H3. The minimum absolute atomic E-state index is 0.369. The van der Waals surface area contributed by atoms with Crippen LogP contribution in [0.15, 0.2) is 0 Å². The van der Waals surface area contributed by atoms with E-state index in [2.05, 4.69) is 0 Å². The van der Waals surface area contributed by atoms with Crippen molar-refractivity contribution in [1.82, 2.24) is 0 Å². The van der Waals surface area contributed by atoms with Crippen LogP contribution in [0.2, 0.25) is 6.55 Å². The summed E-state index contributed by atoms with van der Waals surface area (Å²) in [4.78, 5) is 0. The summed E-state index contributed by atoms with van der Waals surface area (Å²) in [6, 6.07) is 0. The molecule has 4 heteroatoms. The molecule has 0 unspecified atom stereocenters. The first-order valence-corrected chi connectivity index (χ1v) is 8.38. The lowest BCUT2D eigenvalue weighted by Crippen LogP contribution is -2.46. The zero-order valence-electron chi connectivity index (χ0n) is 10.3. The van der Waals surface area contributed by atoms with Crippen molar-refractivity contribution in [3.63, 3.8) is 0 Å². The van der Waals surface area contributed by atoms with Crippen LogP contribution in [0.3, 0.4) is 0 Å². The lowest BCUT2D eigenvalue weighted by atomic mass is 9.98. The predicted molar refractivity (Wildman–Crippen MR) is 62.8 cm³/mol. The zero-order valence-corrected chi connectivity index (χ0v) is 11.3. The van der Waals surface area contributed by atoms with Crippen molar-refractivity contribution < 1.29 is 13.3 Å². The molecule has 0 aliphatic heterocycles. The molecule has 1 rings (SSSR count). The quantitative estimate of drug-likeness (QED) is 0.659. The Morgan fingerprint density at radius 2 is 1.53 bits per heavy atom. The molecule has 0 aromatic carbocycles. The van der Waals surface area contributed by atoms with Crippen LogP contribution < -0.4 is 0 Å². The number of rotatable bonds is 6. The summed E-state index contributed by atoms with van der Waals surface area (Å²) >= 11 is 0. The summed E-state index contributed by atoms with van der Waals surface area (Å²) < 4.78 is 17.4. The van der Waals surface area contributed by atoms with Crippen molar-refractivity contribution in [1.29, 1.82) is 0 Å². The molecule has 1 saturated carbocycles. The smallest absolute Gasteiger partial charge is 0.374 e. The fourth-order valence-electron chi connectivity index (χ4n) is 2.12. The highest BCUT2D eigenvalue weighted by molar-refractivity contribution is 6.59. The van der Waals surface area contributed by atoms with E-state index < -0.39 is 8.80 Å². The van der Waals surface area contributed by atoms with Gasteiger partial charge in [-0.1, -0.05) is 19.3 Å². The van der Waals surface area contributed by atoms with Crippen molar-refractivity contribution in [2.24, 2.45) is 0 Å². The van der Waals surface area contributed by atoms with Gasteiger partial charge in [0.2, 0.25) is 0 Å². The molecule has 1 aliphatic rings. The van der Waals surface area contributed by atoms with Gasteiger partial charge in [0.05, 0.1) is 0 Å². The maximum absolute atomic E-state index is 6.05. The average molecular weight is 232 g/mol. The van der Waals surface area contributed by atoms with Crippen molar-refractivity contribution in [3.05, 3.63) is 0 Å². The lowest BCUT2D eigenvalue weighted by Gasteiger charge is -2.31. The van der Waals surface area contributed by atoms with E-state index in [9.17, 15) is 0 Å². The fraction of sp³-hybridized carbons (Fsp3) is 1.00. The Morgan fingerprint density at radius 3 is 2.00 bits per heavy atom. The van der Waals surface area contributed by atoms with Crippen molar-refractivity contribution in [2.45, 2.75) is 58.6 Å². The summed E-state index contributed by atoms with van der Waals surface area (Å²) in [5, 5.41) is 0. The van der Waals surface area contributed by atoms with Gasteiger partial charge in [-0.25, -0.2) is 0 Å². The molecule has 0 spiro atoms. The van der Waals surface area contributed by atoms with Crippen LogP contribution in [-0.4, -0.2) is 28.1 Å². The second kappa shape index (κ2) is 6.63. The second-order valence-electron chi connectivity index (χ2n) is 4.11. The SMILES string of the molecule is CCO[Si](C)(OCC)OC1CCCCC1. The van der Waals surface area contributed by atoms with Crippen molar-refractivity contribution in [2.75, 3.05) is 13.2 Å². The predicted octanol–water partition coefficient (Wildman–Crippen LogP) is 2.98. The highest BCUT2D eigenvalue weighted by atomic mass is 28.4. The lowest BCUT2D eigenvalue weighted by molar-refractivity contribution is 0.0241. The molecule has 0 bridgehead atoms. The molecule has 0 N–H and O–H groups in total. The molecule has 1 aliphatic carbocycles. The minimum Gasteiger partial charge on any atom is -0.374 e. The van der Waals surface area contributed by atoms with Gasteiger partial charge in [0.25, 0.3) is 0 Å². The van der Waals surface area contributed by atoms with Crippen LogP contribution in [0, 0.1) is 0 Å². The summed E-state index contributed by atoms with van der Waals surface area (Å²) in [6.45, 7) is 7.35. The second-order valence-corrected chi connectivity index (χ2v) is 6.64. The van der Waals surface area contributed by atoms with Crippen LogP contribution >= 0.6 is 0 Å². The summed E-state index contributed by atoms with van der Waals surface area (Å²) in [5.41, 5.74) is 0. The Bertz CT molecular complexity index is 163. The van der Waals surface area contributed by atoms with Gasteiger partial charge in [-0.3, -0.25) is 0 Å². The first kappa shape index (κ1) is 13.2. The van der Waals surface area contributed by atoms with Crippen LogP contribution in [0.4, 0.5) is 0 Å². The van der Waals surface area contributed by atoms with E-state index in [1.165, 1.54) is 32.1 Å². The highest BCUT2D eigenvalue weighted by Crippen LogP contribution is 2.24. The van der Waals surface area contributed by atoms with Gasteiger partial charge in [0.15, 0.2) is 0 Å². The molecule has 0 heterocycles. The van der Waals surface area contributed by atoms with E-state index in [1.807, 2.05) is 20.4 Å². The van der Waals surface area contributed by atoms with Gasteiger partial charge in [0, 0.05) is 25.9 Å². The Hall–Kier alpha value is 0.0969. The number of hydrogen-bond acceptors (Lipinski definition) is 3. The van der Waals surface area contributed by atoms with E-state index in [-0.39, 0.29) is 0 Å². The molecular weight excluding hydrogens is 208 g/mol. The molecule has 1 fully saturated rings. The first-order chi connectivity index (χ1) is 7.20. The molecular formula is C11H24O3Si. The van der Waals surface area contributed by atoms with Gasteiger partial charge in [-0.2, -0.15) is 0 Å². The van der Waals surface area contributed by atoms with Gasteiger partial charge >= 0.3 is 8.80 Å². The molecule has 0 saturated heterocycles. The molecule has 90 valence electrons. The molecule has 0 amide bonds. The van der Waals surface area contributed by atoms with Crippen LogP contribution in [0.1, 0.15) is 46.0 Å². The molecule has 15 heavy (non-hydrogen) atoms. The largest absolute Gasteiger partial charge is 0.497 e. The van der Waals surface area contributed by atoms with E-state index in [4.69, 9.17) is 13.3 Å². The third-order valence-corrected chi connectivity index (χ3v) is 5.13. The van der Waals surface area contributed by atoms with Gasteiger partial charge in [-0.05, 0) is 26.7 Å². The Kier molecular flexibility index (Phi) is 5.82. The normalized spacial score (nSPS) is 19.4. The average Bonchev–Trinajstić information content (AvgIpc) is 2.19. The monoisotopic (exact) mass is 232 g/mol. The zero-order chi connectivity index (χ0) is 11.1. The minimum atomic E-state index is -2.34. The van der Waals surface area contributed by atoms with Crippen LogP contribution in [0.25, 0.3) is 0 Å². The maximum Gasteiger partial charge on any atom is 0.497 e. The Morgan fingerprint density at radius 1 is 1.00 bits per heavy atom. The van der Waals surface area contributed by atoms with E-state index in [0.29, 0.717) is 19.3 Å². The number of hydrogen-bond donors (Lipinski definition) is 0. The molecule has 0 aromatic rings. The topological polar surface area (TPSA) is 27.7 Å². The van der Waals surface area contributed by atoms with Gasteiger partial charge in [-0.15, -0.1) is 0 Å². The first-order valence-electron chi connectivity index (χ1n) is 6.16. The maximum atomic E-state index is 6.05. The fourth-order valence-corrected chi connectivity index (χ4v) is 4.23. The summed E-state index contributed by atoms with van der Waals surface area (Å²) in [7, 11) is -2.34. The molecule has 0 aromatic heterocycles. The van der Waals surface area contributed by atoms with Gasteiger partial charge < -0.3 is 13.3 Å². The van der Waals surface area contributed by atoms with E-state index >= 15 is 0 Å². The van der Waals surface area contributed by atoms with Gasteiger partial charge in [0.1, 0.15) is 0 Å². The molecule has 3 nitrogen and oxygen atoms in total. The van der Waals surface area contributed by atoms with Crippen molar-refractivity contribution in [3.8, 4) is 0 Å². The summed E-state index contributed by atoms with van der Waals surface area (Å²) in [5.74, 6) is 0. The van der Waals surface area contributed by atoms with Crippen LogP contribution in [-0.2, 0) is 13.3 Å². The van der Waals surface area contributed by atoms with Crippen LogP contribution in [0.5, 0.6) is 0 Å². The Balaban J connectivity index is 2.40.